The van der Waals surface area contributed by atoms with Gasteiger partial charge in [0.15, 0.2) is 5.71 Å². The Hall–Kier alpha value is -1.89. The molecule has 0 N–H and O–H groups in total. The maximum Gasteiger partial charge on any atom is 0.425 e. The van der Waals surface area contributed by atoms with E-state index in [1.807, 2.05) is 0 Å². The number of ether oxygens (including phenoxy) is 1. The fourth-order valence-electron chi connectivity index (χ4n) is 0.603. The number of hydrogen-bond donors (Lipinski definition) is 0. The van der Waals surface area contributed by atoms with Crippen LogP contribution in [0.25, 0.3) is 5.53 Å². The lowest BCUT2D eigenvalue weighted by molar-refractivity contribution is -0.173. The number of nitrogens with zero attached hydrogens (tertiary/aromatic N) is 3. The molecular weight excluding hydrogens is 231 g/mol. The minimum Gasteiger partial charge on any atom is -0.460 e. The molecular formula is C7H8F3N3O3. The number of rotatable bonds is 4. The third kappa shape index (κ3) is 5.11. The summed E-state index contributed by atoms with van der Waals surface area (Å²) in [5, 5.41) is 2.95. The van der Waals surface area contributed by atoms with Gasteiger partial charge in [0.1, 0.15) is 0 Å². The molecule has 0 saturated carbocycles. The van der Waals surface area contributed by atoms with Crippen molar-refractivity contribution in [2.45, 2.75) is 13.1 Å². The van der Waals surface area contributed by atoms with Crippen LogP contribution in [0.1, 0.15) is 6.92 Å². The van der Waals surface area contributed by atoms with Crippen LogP contribution in [-0.2, 0) is 14.4 Å². The summed E-state index contributed by atoms with van der Waals surface area (Å²) in [5.41, 5.74) is 7.42. The molecule has 0 aromatic heterocycles. The van der Waals surface area contributed by atoms with Crippen molar-refractivity contribution in [1.82, 2.24) is 0 Å². The topological polar surface area (TPSA) is 84.3 Å². The van der Waals surface area contributed by atoms with Gasteiger partial charge in [0.05, 0.1) is 7.11 Å². The van der Waals surface area contributed by atoms with Gasteiger partial charge >= 0.3 is 17.9 Å². The third-order valence-corrected chi connectivity index (χ3v) is 1.25. The number of carbonyl (C=O) groups excluding carboxylic acids is 1. The van der Waals surface area contributed by atoms with Crippen molar-refractivity contribution in [1.29, 1.82) is 0 Å². The molecule has 0 aromatic rings. The van der Waals surface area contributed by atoms with Crippen molar-refractivity contribution < 1.29 is 32.3 Å². The smallest absolute Gasteiger partial charge is 0.425 e. The Morgan fingerprint density at radius 2 is 2.06 bits per heavy atom. The first-order valence-electron chi connectivity index (χ1n) is 3.86. The Morgan fingerprint density at radius 1 is 1.50 bits per heavy atom. The SMILES string of the molecule is COC(=O)C(=[N+]=[N-])/C(C)=N/OCC(F)(F)F. The maximum absolute atomic E-state index is 11.6. The third-order valence-electron chi connectivity index (χ3n) is 1.25. The summed E-state index contributed by atoms with van der Waals surface area (Å²) in [4.78, 5) is 17.3. The first-order chi connectivity index (χ1) is 7.31. The number of methoxy groups -OCH3 is 1. The second-order valence-electron chi connectivity index (χ2n) is 2.51. The summed E-state index contributed by atoms with van der Waals surface area (Å²) in [5.74, 6) is -1.04. The highest BCUT2D eigenvalue weighted by Gasteiger charge is 2.30. The molecule has 90 valence electrons. The Bertz CT molecular complexity index is 345. The monoisotopic (exact) mass is 239 g/mol. The zero-order valence-electron chi connectivity index (χ0n) is 8.41. The molecule has 0 radical (unpaired) electrons. The van der Waals surface area contributed by atoms with E-state index in [1.165, 1.54) is 0 Å². The highest BCUT2D eigenvalue weighted by atomic mass is 19.4. The molecule has 6 nitrogen and oxygen atoms in total. The minimum atomic E-state index is -4.54. The number of esters is 1. The number of alkyl halides is 3. The molecule has 0 spiro atoms. The molecule has 0 heterocycles. The first kappa shape index (κ1) is 14.1. The molecule has 0 rings (SSSR count). The van der Waals surface area contributed by atoms with Gasteiger partial charge in [-0.15, -0.1) is 0 Å². The van der Waals surface area contributed by atoms with E-state index in [-0.39, 0.29) is 5.71 Å². The normalized spacial score (nSPS) is 11.7. The zero-order chi connectivity index (χ0) is 12.8. The van der Waals surface area contributed by atoms with Gasteiger partial charge in [-0.05, 0) is 6.92 Å². The van der Waals surface area contributed by atoms with Gasteiger partial charge in [-0.1, -0.05) is 5.16 Å². The van der Waals surface area contributed by atoms with E-state index in [9.17, 15) is 18.0 Å². The lowest BCUT2D eigenvalue weighted by atomic mass is 10.3. The molecule has 0 aliphatic rings. The Balaban J connectivity index is 4.54. The standard InChI is InChI=1S/C7H8F3N3O3/c1-4(5(12-11)6(14)15-2)13-16-3-7(8,9)10/h3H2,1-2H3/b13-4+. The molecule has 0 amide bonds. The fraction of sp³-hybridized carbons (Fsp3) is 0.571. The largest absolute Gasteiger partial charge is 0.460 e. The molecule has 0 bridgehead atoms. The van der Waals surface area contributed by atoms with Crippen LogP contribution in [0.5, 0.6) is 0 Å². The van der Waals surface area contributed by atoms with Crippen LogP contribution >= 0.6 is 0 Å². The van der Waals surface area contributed by atoms with E-state index in [1.54, 1.807) is 0 Å². The molecule has 0 unspecified atom stereocenters. The average Bonchev–Trinajstić information content (AvgIpc) is 2.16. The predicted molar refractivity (Wildman–Crippen MR) is 45.8 cm³/mol. The lowest BCUT2D eigenvalue weighted by Gasteiger charge is -2.03. The van der Waals surface area contributed by atoms with Gasteiger partial charge in [0.25, 0.3) is 0 Å². The molecule has 0 atom stereocenters. The van der Waals surface area contributed by atoms with Crippen molar-refractivity contribution in [2.75, 3.05) is 13.7 Å². The van der Waals surface area contributed by atoms with Gasteiger partial charge < -0.3 is 15.1 Å². The van der Waals surface area contributed by atoms with Crippen LogP contribution < -0.4 is 0 Å². The number of carbonyl (C=O) groups is 1. The van der Waals surface area contributed by atoms with E-state index < -0.39 is 24.5 Å². The van der Waals surface area contributed by atoms with Crippen LogP contribution in [0.3, 0.4) is 0 Å². The minimum absolute atomic E-state index is 0.335. The number of hydrogen-bond acceptors (Lipinski definition) is 4. The van der Waals surface area contributed by atoms with Crippen molar-refractivity contribution in [3.05, 3.63) is 5.53 Å². The predicted octanol–water partition coefficient (Wildman–Crippen LogP) is 0.785. The highest BCUT2D eigenvalue weighted by Crippen LogP contribution is 2.14. The van der Waals surface area contributed by atoms with E-state index >= 15 is 0 Å². The molecule has 0 fully saturated rings. The Kier molecular flexibility index (Phi) is 5.17. The van der Waals surface area contributed by atoms with Crippen LogP contribution in [-0.4, -0.2) is 42.1 Å². The van der Waals surface area contributed by atoms with Gasteiger partial charge in [-0.25, -0.2) is 4.79 Å². The van der Waals surface area contributed by atoms with Gasteiger partial charge in [0, 0.05) is 0 Å². The van der Waals surface area contributed by atoms with E-state index in [0.717, 1.165) is 14.0 Å². The van der Waals surface area contributed by atoms with E-state index in [0.29, 0.717) is 0 Å². The summed E-state index contributed by atoms with van der Waals surface area (Å²) in [7, 11) is 1.01. The van der Waals surface area contributed by atoms with Crippen molar-refractivity contribution >= 4 is 17.4 Å². The Morgan fingerprint density at radius 3 is 2.44 bits per heavy atom. The highest BCUT2D eigenvalue weighted by molar-refractivity contribution is 6.63. The molecule has 0 aromatic carbocycles. The summed E-state index contributed by atoms with van der Waals surface area (Å²) in [6.07, 6.45) is -4.54. The summed E-state index contributed by atoms with van der Waals surface area (Å²) in [6.45, 7) is -0.480. The first-order valence-corrected chi connectivity index (χ1v) is 3.86. The summed E-state index contributed by atoms with van der Waals surface area (Å²) in [6, 6.07) is 0. The molecule has 0 saturated heterocycles. The summed E-state index contributed by atoms with van der Waals surface area (Å²) < 4.78 is 39.1. The molecule has 0 aliphatic carbocycles. The van der Waals surface area contributed by atoms with E-state index in [2.05, 4.69) is 19.5 Å². The maximum atomic E-state index is 11.6. The van der Waals surface area contributed by atoms with Gasteiger partial charge in [0.2, 0.25) is 6.61 Å². The van der Waals surface area contributed by atoms with Crippen molar-refractivity contribution in [3.8, 4) is 0 Å². The quantitative estimate of drug-likeness (QED) is 0.239. The van der Waals surface area contributed by atoms with Gasteiger partial charge in [-0.3, -0.25) is 0 Å². The Labute approximate surface area is 88.2 Å². The number of oxime groups is 1. The molecule has 0 aliphatic heterocycles. The lowest BCUT2D eigenvalue weighted by Crippen LogP contribution is -2.25. The molecule has 16 heavy (non-hydrogen) atoms. The van der Waals surface area contributed by atoms with Crippen LogP contribution in [0.2, 0.25) is 0 Å². The molecule has 9 heteroatoms. The summed E-state index contributed by atoms with van der Waals surface area (Å²) >= 11 is 0. The van der Waals surface area contributed by atoms with Gasteiger partial charge in [-0.2, -0.15) is 18.0 Å². The zero-order valence-corrected chi connectivity index (χ0v) is 8.41. The second-order valence-corrected chi connectivity index (χ2v) is 2.51. The van der Waals surface area contributed by atoms with Crippen LogP contribution in [0.4, 0.5) is 13.2 Å². The van der Waals surface area contributed by atoms with Crippen LogP contribution in [0.15, 0.2) is 5.16 Å². The second kappa shape index (κ2) is 5.86. The fourth-order valence-corrected chi connectivity index (χ4v) is 0.603. The van der Waals surface area contributed by atoms with Crippen LogP contribution in [0, 0.1) is 0 Å². The van der Waals surface area contributed by atoms with E-state index in [4.69, 9.17) is 5.53 Å². The number of halogens is 3. The van der Waals surface area contributed by atoms with Crippen molar-refractivity contribution in [3.63, 3.8) is 0 Å². The van der Waals surface area contributed by atoms with Crippen molar-refractivity contribution in [2.24, 2.45) is 5.16 Å². The average molecular weight is 239 g/mol.